The Hall–Kier alpha value is -1.62. The van der Waals surface area contributed by atoms with Crippen LogP contribution >= 0.6 is 0 Å². The third kappa shape index (κ3) is 2.56. The lowest BCUT2D eigenvalue weighted by Crippen LogP contribution is -2.45. The molecule has 1 aromatic heterocycles. The Bertz CT molecular complexity index is 450. The molecule has 0 saturated carbocycles. The molecule has 0 aromatic carbocycles. The molecule has 5 nitrogen and oxygen atoms in total. The number of likely N-dealkylation sites (N-methyl/N-ethyl adjacent to an activating group) is 1. The van der Waals surface area contributed by atoms with Crippen LogP contribution in [0.3, 0.4) is 0 Å². The van der Waals surface area contributed by atoms with E-state index in [-0.39, 0.29) is 6.03 Å². The first-order chi connectivity index (χ1) is 9.24. The van der Waals surface area contributed by atoms with Crippen molar-refractivity contribution in [3.8, 4) is 0 Å². The summed E-state index contributed by atoms with van der Waals surface area (Å²) < 4.78 is 0. The van der Waals surface area contributed by atoms with Crippen LogP contribution in [-0.4, -0.2) is 53.5 Å². The number of nitrogens with zero attached hydrogens (tertiary/aromatic N) is 3. The van der Waals surface area contributed by atoms with E-state index in [4.69, 9.17) is 0 Å². The van der Waals surface area contributed by atoms with Crippen molar-refractivity contribution in [1.29, 1.82) is 0 Å². The van der Waals surface area contributed by atoms with E-state index in [2.05, 4.69) is 22.2 Å². The molecule has 3 heterocycles. The third-order valence-electron chi connectivity index (χ3n) is 4.14. The van der Waals surface area contributed by atoms with Crippen LogP contribution < -0.4 is 5.32 Å². The molecule has 0 spiro atoms. The summed E-state index contributed by atoms with van der Waals surface area (Å²) in [7, 11) is 2.13. The monoisotopic (exact) mass is 260 g/mol. The van der Waals surface area contributed by atoms with Gasteiger partial charge < -0.3 is 15.1 Å². The van der Waals surface area contributed by atoms with E-state index in [0.29, 0.717) is 18.5 Å². The highest BCUT2D eigenvalue weighted by atomic mass is 16.2. The van der Waals surface area contributed by atoms with Crippen molar-refractivity contribution < 1.29 is 4.79 Å². The van der Waals surface area contributed by atoms with Crippen LogP contribution in [0.2, 0.25) is 0 Å². The van der Waals surface area contributed by atoms with Crippen molar-refractivity contribution in [3.63, 3.8) is 0 Å². The number of aromatic nitrogens is 1. The maximum atomic E-state index is 12.2. The summed E-state index contributed by atoms with van der Waals surface area (Å²) in [6, 6.07) is 6.19. The van der Waals surface area contributed by atoms with E-state index in [1.807, 2.05) is 23.1 Å². The molecule has 0 aliphatic carbocycles. The number of urea groups is 1. The number of likely N-dealkylation sites (tertiary alicyclic amines) is 2. The molecule has 2 amide bonds. The SMILES string of the molecule is CN1CC2CCN(C(=O)NCc3ccccn3)C2C1. The summed E-state index contributed by atoms with van der Waals surface area (Å²) in [5, 5.41) is 2.97. The van der Waals surface area contributed by atoms with Gasteiger partial charge in [-0.15, -0.1) is 0 Å². The predicted octanol–water partition coefficient (Wildman–Crippen LogP) is 0.927. The molecular weight excluding hydrogens is 240 g/mol. The van der Waals surface area contributed by atoms with Crippen molar-refractivity contribution in [2.75, 3.05) is 26.7 Å². The summed E-state index contributed by atoms with van der Waals surface area (Å²) in [6.45, 7) is 3.51. The Morgan fingerprint density at radius 2 is 2.37 bits per heavy atom. The normalized spacial score (nSPS) is 26.5. The summed E-state index contributed by atoms with van der Waals surface area (Å²) in [6.07, 6.45) is 2.88. The zero-order valence-electron chi connectivity index (χ0n) is 11.2. The second-order valence-electron chi connectivity index (χ2n) is 5.51. The lowest BCUT2D eigenvalue weighted by Gasteiger charge is -2.24. The van der Waals surface area contributed by atoms with Crippen molar-refractivity contribution in [3.05, 3.63) is 30.1 Å². The predicted molar refractivity (Wildman–Crippen MR) is 72.6 cm³/mol. The highest BCUT2D eigenvalue weighted by molar-refractivity contribution is 5.75. The number of carbonyl (C=O) groups is 1. The standard InChI is InChI=1S/C14H20N4O/c1-17-9-11-5-7-18(13(11)10-17)14(19)16-8-12-4-2-3-6-15-12/h2-4,6,11,13H,5,7-10H2,1H3,(H,16,19). The van der Waals surface area contributed by atoms with Crippen molar-refractivity contribution in [2.45, 2.75) is 19.0 Å². The molecule has 2 aliphatic heterocycles. The number of hydrogen-bond donors (Lipinski definition) is 1. The molecule has 0 bridgehead atoms. The molecule has 1 aromatic rings. The minimum atomic E-state index is 0.0495. The number of amides is 2. The number of rotatable bonds is 2. The second-order valence-corrected chi connectivity index (χ2v) is 5.51. The Kier molecular flexibility index (Phi) is 3.38. The number of hydrogen-bond acceptors (Lipinski definition) is 3. The van der Waals surface area contributed by atoms with Crippen molar-refractivity contribution in [2.24, 2.45) is 5.92 Å². The van der Waals surface area contributed by atoms with E-state index in [9.17, 15) is 4.79 Å². The molecule has 1 N–H and O–H groups in total. The molecule has 2 atom stereocenters. The van der Waals surface area contributed by atoms with Gasteiger partial charge >= 0.3 is 6.03 Å². The fourth-order valence-corrected chi connectivity index (χ4v) is 3.19. The summed E-state index contributed by atoms with van der Waals surface area (Å²) in [4.78, 5) is 20.8. The number of fused-ring (bicyclic) bond motifs is 1. The Morgan fingerprint density at radius 3 is 3.16 bits per heavy atom. The number of pyridine rings is 1. The first kappa shape index (κ1) is 12.4. The minimum Gasteiger partial charge on any atom is -0.332 e. The quantitative estimate of drug-likeness (QED) is 0.860. The molecule has 5 heteroatoms. The highest BCUT2D eigenvalue weighted by Crippen LogP contribution is 2.30. The van der Waals surface area contributed by atoms with Crippen LogP contribution in [0, 0.1) is 5.92 Å². The van der Waals surface area contributed by atoms with E-state index >= 15 is 0 Å². The van der Waals surface area contributed by atoms with Gasteiger partial charge in [-0.05, 0) is 31.5 Å². The van der Waals surface area contributed by atoms with Crippen LogP contribution in [0.4, 0.5) is 4.79 Å². The number of nitrogens with one attached hydrogen (secondary N) is 1. The fourth-order valence-electron chi connectivity index (χ4n) is 3.19. The van der Waals surface area contributed by atoms with Crippen LogP contribution in [0.1, 0.15) is 12.1 Å². The third-order valence-corrected chi connectivity index (χ3v) is 4.14. The molecule has 2 saturated heterocycles. The van der Waals surface area contributed by atoms with E-state index in [0.717, 1.165) is 31.7 Å². The van der Waals surface area contributed by atoms with Gasteiger partial charge in [-0.2, -0.15) is 0 Å². The van der Waals surface area contributed by atoms with Crippen LogP contribution in [0.15, 0.2) is 24.4 Å². The highest BCUT2D eigenvalue weighted by Gasteiger charge is 2.41. The molecular formula is C14H20N4O. The van der Waals surface area contributed by atoms with Gasteiger partial charge in [-0.25, -0.2) is 4.79 Å². The summed E-state index contributed by atoms with van der Waals surface area (Å²) in [5.41, 5.74) is 0.898. The Morgan fingerprint density at radius 1 is 1.47 bits per heavy atom. The Balaban J connectivity index is 1.56. The Labute approximate surface area is 113 Å². The largest absolute Gasteiger partial charge is 0.332 e. The van der Waals surface area contributed by atoms with E-state index < -0.39 is 0 Å². The second kappa shape index (κ2) is 5.17. The van der Waals surface area contributed by atoms with Crippen molar-refractivity contribution in [1.82, 2.24) is 20.1 Å². The van der Waals surface area contributed by atoms with Crippen LogP contribution in [0.25, 0.3) is 0 Å². The smallest absolute Gasteiger partial charge is 0.318 e. The van der Waals surface area contributed by atoms with Gasteiger partial charge in [0.2, 0.25) is 0 Å². The molecule has 102 valence electrons. The minimum absolute atomic E-state index is 0.0495. The lowest BCUT2D eigenvalue weighted by molar-refractivity contribution is 0.188. The summed E-state index contributed by atoms with van der Waals surface area (Å²) in [5.74, 6) is 0.658. The van der Waals surface area contributed by atoms with Gasteiger partial charge in [-0.1, -0.05) is 6.07 Å². The first-order valence-electron chi connectivity index (χ1n) is 6.87. The van der Waals surface area contributed by atoms with Gasteiger partial charge in [0.1, 0.15) is 0 Å². The average molecular weight is 260 g/mol. The van der Waals surface area contributed by atoms with Crippen molar-refractivity contribution >= 4 is 6.03 Å². The van der Waals surface area contributed by atoms with Gasteiger partial charge in [0, 0.05) is 25.8 Å². The van der Waals surface area contributed by atoms with Crippen LogP contribution in [-0.2, 0) is 6.54 Å². The fraction of sp³-hybridized carbons (Fsp3) is 0.571. The average Bonchev–Trinajstić information content (AvgIpc) is 2.96. The zero-order valence-corrected chi connectivity index (χ0v) is 11.2. The zero-order chi connectivity index (χ0) is 13.2. The van der Waals surface area contributed by atoms with Gasteiger partial charge in [0.05, 0.1) is 18.3 Å². The van der Waals surface area contributed by atoms with E-state index in [1.165, 1.54) is 0 Å². The van der Waals surface area contributed by atoms with E-state index in [1.54, 1.807) is 6.20 Å². The molecule has 3 rings (SSSR count). The topological polar surface area (TPSA) is 48.5 Å². The maximum absolute atomic E-state index is 12.2. The molecule has 2 aliphatic rings. The molecule has 0 radical (unpaired) electrons. The molecule has 19 heavy (non-hydrogen) atoms. The van der Waals surface area contributed by atoms with Gasteiger partial charge in [0.15, 0.2) is 0 Å². The first-order valence-corrected chi connectivity index (χ1v) is 6.87. The van der Waals surface area contributed by atoms with Gasteiger partial charge in [0.25, 0.3) is 0 Å². The molecule has 2 fully saturated rings. The number of carbonyl (C=O) groups excluding carboxylic acids is 1. The molecule has 2 unspecified atom stereocenters. The van der Waals surface area contributed by atoms with Gasteiger partial charge in [-0.3, -0.25) is 4.98 Å². The maximum Gasteiger partial charge on any atom is 0.318 e. The summed E-state index contributed by atoms with van der Waals surface area (Å²) >= 11 is 0. The lowest BCUT2D eigenvalue weighted by atomic mass is 10.1. The van der Waals surface area contributed by atoms with Crippen LogP contribution in [0.5, 0.6) is 0 Å².